The maximum atomic E-state index is 13.5. The Morgan fingerprint density at radius 3 is 2.24 bits per heavy atom. The van der Waals surface area contributed by atoms with Crippen molar-refractivity contribution < 1.29 is 19.1 Å². The van der Waals surface area contributed by atoms with Crippen LogP contribution in [0.3, 0.4) is 0 Å². The van der Waals surface area contributed by atoms with E-state index in [1.807, 2.05) is 48.7 Å². The molecule has 4 aromatic rings. The van der Waals surface area contributed by atoms with Gasteiger partial charge in [0.1, 0.15) is 11.9 Å². The lowest BCUT2D eigenvalue weighted by Crippen LogP contribution is -2.41. The van der Waals surface area contributed by atoms with E-state index in [1.165, 1.54) is 4.90 Å². The molecule has 3 aromatic carbocycles. The number of imidazole rings is 1. The van der Waals surface area contributed by atoms with Gasteiger partial charge in [-0.2, -0.15) is 0 Å². The van der Waals surface area contributed by atoms with Gasteiger partial charge < -0.3 is 9.30 Å². The maximum Gasteiger partial charge on any atom is 0.410 e. The minimum atomic E-state index is -0.672. The Morgan fingerprint density at radius 2 is 1.60 bits per heavy atom. The van der Waals surface area contributed by atoms with Gasteiger partial charge in [0.05, 0.1) is 36.0 Å². The fraction of sp³-hybridized carbons (Fsp3) is 0.273. The highest BCUT2D eigenvalue weighted by molar-refractivity contribution is 6.30. The number of carbonyl (C=O) groups is 3. The van der Waals surface area contributed by atoms with Gasteiger partial charge in [-0.3, -0.25) is 19.4 Å². The van der Waals surface area contributed by atoms with Crippen molar-refractivity contribution in [2.45, 2.75) is 39.5 Å². The summed E-state index contributed by atoms with van der Waals surface area (Å²) in [5.74, 6) is -0.0382. The number of benzene rings is 3. The Balaban J connectivity index is 1.33. The number of hydrogen-bond acceptors (Lipinski definition) is 5. The standard InChI is InChI=1S/C33H31ClN4O4/c1-33(2,3)28(37-18-24(42-32(37)41)19-38-30(39)25-14-7-8-15-26(25)31(38)40)29-35-27(22-12-9-13-23(34)16-22)20-36(29)17-21-10-5-4-6-11-21/h4-16,20,24,28H,17-19H2,1-3H3/t24?,28-/m0/s1. The SMILES string of the molecule is CC(C)(C)[C@H](c1nc(-c2cccc(Cl)c2)cn1Cc1ccccc1)N1CC(CN2C(=O)c3ccccc3C2=O)OC1=O. The maximum absolute atomic E-state index is 13.5. The van der Waals surface area contributed by atoms with Crippen LogP contribution in [0.5, 0.6) is 0 Å². The van der Waals surface area contributed by atoms with Gasteiger partial charge in [-0.1, -0.05) is 87.0 Å². The average molecular weight is 583 g/mol. The third-order valence-electron chi connectivity index (χ3n) is 7.67. The molecule has 9 heteroatoms. The molecule has 2 atom stereocenters. The third kappa shape index (κ3) is 5.18. The van der Waals surface area contributed by atoms with Crippen LogP contribution in [0.15, 0.2) is 85.1 Å². The number of imide groups is 1. The Labute approximate surface area is 249 Å². The van der Waals surface area contributed by atoms with E-state index in [0.29, 0.717) is 28.5 Å². The molecule has 0 radical (unpaired) electrons. The summed E-state index contributed by atoms with van der Waals surface area (Å²) in [5.41, 5.74) is 3.01. The summed E-state index contributed by atoms with van der Waals surface area (Å²) in [6, 6.07) is 23.9. The highest BCUT2D eigenvalue weighted by Crippen LogP contribution is 2.41. The van der Waals surface area contributed by atoms with E-state index in [2.05, 4.69) is 37.5 Å². The molecule has 1 unspecified atom stereocenters. The molecule has 0 saturated carbocycles. The minimum absolute atomic E-state index is 0.0162. The van der Waals surface area contributed by atoms with Crippen LogP contribution in [0.4, 0.5) is 4.79 Å². The highest BCUT2D eigenvalue weighted by Gasteiger charge is 2.46. The fourth-order valence-corrected chi connectivity index (χ4v) is 5.98. The second-order valence-electron chi connectivity index (χ2n) is 11.8. The zero-order valence-electron chi connectivity index (χ0n) is 23.7. The van der Waals surface area contributed by atoms with Crippen LogP contribution in [0, 0.1) is 5.41 Å². The lowest BCUT2D eigenvalue weighted by atomic mass is 9.85. The molecule has 1 fully saturated rings. The van der Waals surface area contributed by atoms with Crippen LogP contribution in [0.25, 0.3) is 11.3 Å². The second-order valence-corrected chi connectivity index (χ2v) is 12.2. The first-order valence-electron chi connectivity index (χ1n) is 13.9. The molecule has 214 valence electrons. The van der Waals surface area contributed by atoms with E-state index >= 15 is 0 Å². The van der Waals surface area contributed by atoms with Crippen LogP contribution in [0.2, 0.25) is 5.02 Å². The molecule has 42 heavy (non-hydrogen) atoms. The van der Waals surface area contributed by atoms with E-state index in [0.717, 1.165) is 16.8 Å². The van der Waals surface area contributed by atoms with Gasteiger partial charge in [-0.25, -0.2) is 9.78 Å². The lowest BCUT2D eigenvalue weighted by molar-refractivity contribution is 0.0558. The Bertz CT molecular complexity index is 1640. The third-order valence-corrected chi connectivity index (χ3v) is 7.90. The predicted molar refractivity (Wildman–Crippen MR) is 159 cm³/mol. The Hall–Kier alpha value is -4.43. The first-order valence-corrected chi connectivity index (χ1v) is 14.3. The molecule has 3 heterocycles. The van der Waals surface area contributed by atoms with Gasteiger partial charge in [0.25, 0.3) is 11.8 Å². The summed E-state index contributed by atoms with van der Waals surface area (Å²) in [6.07, 6.45) is 0.814. The van der Waals surface area contributed by atoms with Crippen LogP contribution < -0.4 is 0 Å². The number of hydrogen-bond donors (Lipinski definition) is 0. The van der Waals surface area contributed by atoms with Crippen molar-refractivity contribution in [3.63, 3.8) is 0 Å². The van der Waals surface area contributed by atoms with Gasteiger partial charge in [-0.15, -0.1) is 0 Å². The first-order chi connectivity index (χ1) is 20.1. The van der Waals surface area contributed by atoms with Gasteiger partial charge in [-0.05, 0) is 35.2 Å². The molecule has 6 rings (SSSR count). The van der Waals surface area contributed by atoms with Crippen LogP contribution in [-0.2, 0) is 11.3 Å². The molecule has 3 amide bonds. The molecule has 1 aromatic heterocycles. The Morgan fingerprint density at radius 1 is 0.929 bits per heavy atom. The summed E-state index contributed by atoms with van der Waals surface area (Å²) in [5, 5.41) is 0.609. The number of fused-ring (bicyclic) bond motifs is 1. The second kappa shape index (κ2) is 10.8. The van der Waals surface area contributed by atoms with Gasteiger partial charge >= 0.3 is 6.09 Å². The van der Waals surface area contributed by atoms with Crippen molar-refractivity contribution in [3.8, 4) is 11.3 Å². The monoisotopic (exact) mass is 582 g/mol. The molecule has 2 aliphatic heterocycles. The number of nitrogens with zero attached hydrogens (tertiary/aromatic N) is 4. The van der Waals surface area contributed by atoms with Crippen molar-refractivity contribution >= 4 is 29.5 Å². The van der Waals surface area contributed by atoms with E-state index in [4.69, 9.17) is 21.3 Å². The average Bonchev–Trinajstić information content (AvgIpc) is 3.60. The van der Waals surface area contributed by atoms with Crippen molar-refractivity contribution in [2.75, 3.05) is 13.1 Å². The van der Waals surface area contributed by atoms with E-state index in [9.17, 15) is 14.4 Å². The predicted octanol–water partition coefficient (Wildman–Crippen LogP) is 6.46. The lowest BCUT2D eigenvalue weighted by Gasteiger charge is -2.36. The van der Waals surface area contributed by atoms with Gasteiger partial charge in [0.2, 0.25) is 0 Å². The molecule has 8 nitrogen and oxygen atoms in total. The first kappa shape index (κ1) is 27.7. The van der Waals surface area contributed by atoms with Gasteiger partial charge in [0, 0.05) is 23.3 Å². The topological polar surface area (TPSA) is 84.7 Å². The van der Waals surface area contributed by atoms with Crippen LogP contribution >= 0.6 is 11.6 Å². The van der Waals surface area contributed by atoms with E-state index in [-0.39, 0.29) is 24.9 Å². The van der Waals surface area contributed by atoms with Crippen molar-refractivity contribution in [2.24, 2.45) is 5.41 Å². The van der Waals surface area contributed by atoms with Crippen molar-refractivity contribution in [1.29, 1.82) is 0 Å². The number of rotatable bonds is 7. The number of halogens is 1. The number of ether oxygens (including phenoxy) is 1. The van der Waals surface area contributed by atoms with Crippen LogP contribution in [-0.4, -0.2) is 56.5 Å². The molecule has 0 spiro atoms. The number of aromatic nitrogens is 2. The van der Waals surface area contributed by atoms with E-state index < -0.39 is 23.7 Å². The fourth-order valence-electron chi connectivity index (χ4n) is 5.79. The zero-order valence-corrected chi connectivity index (χ0v) is 24.4. The van der Waals surface area contributed by atoms with Crippen LogP contribution in [0.1, 0.15) is 58.9 Å². The number of cyclic esters (lactones) is 1. The number of amides is 3. The molecular weight excluding hydrogens is 552 g/mol. The molecule has 2 aliphatic rings. The van der Waals surface area contributed by atoms with Gasteiger partial charge in [0.15, 0.2) is 0 Å². The molecule has 0 N–H and O–H groups in total. The summed E-state index contributed by atoms with van der Waals surface area (Å²) in [7, 11) is 0. The summed E-state index contributed by atoms with van der Waals surface area (Å²) < 4.78 is 7.86. The molecule has 0 aliphatic carbocycles. The molecule has 0 bridgehead atoms. The Kier molecular flexibility index (Phi) is 7.10. The quantitative estimate of drug-likeness (QED) is 0.234. The summed E-state index contributed by atoms with van der Waals surface area (Å²) >= 11 is 6.31. The smallest absolute Gasteiger partial charge is 0.410 e. The van der Waals surface area contributed by atoms with E-state index in [1.54, 1.807) is 29.2 Å². The largest absolute Gasteiger partial charge is 0.442 e. The van der Waals surface area contributed by atoms with Crippen molar-refractivity contribution in [1.82, 2.24) is 19.4 Å². The minimum Gasteiger partial charge on any atom is -0.442 e. The summed E-state index contributed by atoms with van der Waals surface area (Å²) in [4.78, 5) is 47.3. The van der Waals surface area contributed by atoms with Crippen molar-refractivity contribution in [3.05, 3.63) is 113 Å². The number of carbonyl (C=O) groups excluding carboxylic acids is 3. The summed E-state index contributed by atoms with van der Waals surface area (Å²) in [6.45, 7) is 6.92. The normalized spacial score (nSPS) is 17.5. The highest BCUT2D eigenvalue weighted by atomic mass is 35.5. The molecular formula is C33H31ClN4O4. The molecule has 1 saturated heterocycles. The zero-order chi connectivity index (χ0) is 29.6.